The summed E-state index contributed by atoms with van der Waals surface area (Å²) in [5.74, 6) is 0. The van der Waals surface area contributed by atoms with Crippen molar-refractivity contribution in [3.63, 3.8) is 0 Å². The first-order chi connectivity index (χ1) is 10.1. The highest BCUT2D eigenvalue weighted by molar-refractivity contribution is 5.74. The van der Waals surface area contributed by atoms with Crippen molar-refractivity contribution in [3.05, 3.63) is 0 Å². The van der Waals surface area contributed by atoms with Gasteiger partial charge in [0.15, 0.2) is 0 Å². The van der Waals surface area contributed by atoms with Crippen LogP contribution in [0.2, 0.25) is 0 Å². The molecule has 2 rings (SSSR count). The molecular weight excluding hydrogens is 264 g/mol. The third-order valence-corrected chi connectivity index (χ3v) is 4.86. The summed E-state index contributed by atoms with van der Waals surface area (Å²) in [4.78, 5) is 16.4. The third-order valence-electron chi connectivity index (χ3n) is 4.86. The molecule has 0 aromatic rings. The molecule has 1 saturated heterocycles. The van der Waals surface area contributed by atoms with Gasteiger partial charge in [-0.2, -0.15) is 0 Å². The number of rotatable bonds is 4. The van der Waals surface area contributed by atoms with Crippen LogP contribution >= 0.6 is 0 Å². The lowest BCUT2D eigenvalue weighted by Crippen LogP contribution is -2.50. The van der Waals surface area contributed by atoms with Crippen LogP contribution in [0.25, 0.3) is 0 Å². The first kappa shape index (κ1) is 16.6. The fourth-order valence-electron chi connectivity index (χ4n) is 3.56. The van der Waals surface area contributed by atoms with Crippen molar-refractivity contribution in [2.75, 3.05) is 19.6 Å². The maximum absolute atomic E-state index is 12.5. The second kappa shape index (κ2) is 8.02. The van der Waals surface area contributed by atoms with Crippen molar-refractivity contribution in [2.45, 2.75) is 84.0 Å². The fraction of sp³-hybridized carbons (Fsp3) is 0.941. The molecule has 1 aliphatic carbocycles. The number of hydrogen-bond donors (Lipinski definition) is 0. The van der Waals surface area contributed by atoms with Crippen molar-refractivity contribution < 1.29 is 9.53 Å². The number of hydrogen-bond acceptors (Lipinski definition) is 2. The number of nitrogens with zero attached hydrogens (tertiary/aromatic N) is 2. The minimum Gasteiger partial charge on any atom is -0.375 e. The first-order valence-electron chi connectivity index (χ1n) is 8.82. The molecule has 1 heterocycles. The lowest BCUT2D eigenvalue weighted by Gasteiger charge is -2.38. The second-order valence-electron chi connectivity index (χ2n) is 6.74. The summed E-state index contributed by atoms with van der Waals surface area (Å²) >= 11 is 0. The van der Waals surface area contributed by atoms with E-state index in [-0.39, 0.29) is 12.1 Å². The van der Waals surface area contributed by atoms with Crippen molar-refractivity contribution in [3.8, 4) is 0 Å². The number of likely N-dealkylation sites (tertiary alicyclic amines) is 1. The average Bonchev–Trinajstić information content (AvgIpc) is 2.49. The van der Waals surface area contributed by atoms with Crippen LogP contribution in [0.4, 0.5) is 4.79 Å². The standard InChI is InChI=1S/C17H32N2O2/c1-4-19(14(2)3)17(20)18-12-10-16(11-13-18)21-15-8-6-5-7-9-15/h14-16H,4-13H2,1-3H3. The molecule has 21 heavy (non-hydrogen) atoms. The van der Waals surface area contributed by atoms with E-state index in [1.807, 2.05) is 9.80 Å². The third kappa shape index (κ3) is 4.60. The van der Waals surface area contributed by atoms with Gasteiger partial charge in [0.05, 0.1) is 12.2 Å². The lowest BCUT2D eigenvalue weighted by molar-refractivity contribution is -0.0527. The van der Waals surface area contributed by atoms with Crippen LogP contribution in [0, 0.1) is 0 Å². The van der Waals surface area contributed by atoms with Crippen LogP contribution in [0.1, 0.15) is 65.7 Å². The number of piperidine rings is 1. The van der Waals surface area contributed by atoms with Crippen molar-refractivity contribution in [1.29, 1.82) is 0 Å². The van der Waals surface area contributed by atoms with Gasteiger partial charge in [-0.1, -0.05) is 19.3 Å². The molecule has 0 atom stereocenters. The SMILES string of the molecule is CCN(C(=O)N1CCC(OC2CCCCC2)CC1)C(C)C. The molecule has 2 aliphatic rings. The fourth-order valence-corrected chi connectivity index (χ4v) is 3.56. The van der Waals surface area contributed by atoms with Gasteiger partial charge in [-0.15, -0.1) is 0 Å². The van der Waals surface area contributed by atoms with Crippen LogP contribution in [0.15, 0.2) is 0 Å². The minimum absolute atomic E-state index is 0.198. The first-order valence-corrected chi connectivity index (χ1v) is 8.82. The molecule has 0 aromatic heterocycles. The van der Waals surface area contributed by atoms with E-state index in [4.69, 9.17) is 4.74 Å². The molecule has 2 fully saturated rings. The van der Waals surface area contributed by atoms with Gasteiger partial charge in [0.25, 0.3) is 0 Å². The number of ether oxygens (including phenoxy) is 1. The molecule has 122 valence electrons. The van der Waals surface area contributed by atoms with Gasteiger partial charge < -0.3 is 14.5 Å². The van der Waals surface area contributed by atoms with Crippen LogP contribution < -0.4 is 0 Å². The molecule has 0 spiro atoms. The molecule has 0 bridgehead atoms. The summed E-state index contributed by atoms with van der Waals surface area (Å²) in [7, 11) is 0. The van der Waals surface area contributed by atoms with E-state index in [2.05, 4.69) is 20.8 Å². The Kier molecular flexibility index (Phi) is 6.34. The van der Waals surface area contributed by atoms with Gasteiger partial charge in [0, 0.05) is 25.7 Å². The molecule has 0 aromatic carbocycles. The van der Waals surface area contributed by atoms with Gasteiger partial charge >= 0.3 is 6.03 Å². The summed E-state index contributed by atoms with van der Waals surface area (Å²) in [6, 6.07) is 0.474. The number of urea groups is 1. The van der Waals surface area contributed by atoms with Gasteiger partial charge in [0.1, 0.15) is 0 Å². The van der Waals surface area contributed by atoms with E-state index < -0.39 is 0 Å². The zero-order chi connectivity index (χ0) is 15.2. The summed E-state index contributed by atoms with van der Waals surface area (Å²) in [5, 5.41) is 0. The Hall–Kier alpha value is -0.770. The van der Waals surface area contributed by atoms with Crippen LogP contribution in [-0.4, -0.2) is 53.7 Å². The Morgan fingerprint density at radius 1 is 1.10 bits per heavy atom. The smallest absolute Gasteiger partial charge is 0.320 e. The summed E-state index contributed by atoms with van der Waals surface area (Å²) in [6.45, 7) is 8.70. The van der Waals surface area contributed by atoms with E-state index in [9.17, 15) is 4.79 Å². The molecule has 1 saturated carbocycles. The Labute approximate surface area is 129 Å². The van der Waals surface area contributed by atoms with Crippen molar-refractivity contribution in [1.82, 2.24) is 9.80 Å². The van der Waals surface area contributed by atoms with Gasteiger partial charge in [0.2, 0.25) is 0 Å². The lowest BCUT2D eigenvalue weighted by atomic mass is 9.97. The van der Waals surface area contributed by atoms with Crippen LogP contribution in [-0.2, 0) is 4.74 Å². The molecule has 0 unspecified atom stereocenters. The number of carbonyl (C=O) groups is 1. The minimum atomic E-state index is 0.198. The molecule has 1 aliphatic heterocycles. The van der Waals surface area contributed by atoms with E-state index in [0.29, 0.717) is 12.2 Å². The normalized spacial score (nSPS) is 21.8. The maximum Gasteiger partial charge on any atom is 0.320 e. The number of amides is 2. The molecule has 4 heteroatoms. The van der Waals surface area contributed by atoms with E-state index >= 15 is 0 Å². The Bertz CT molecular complexity index is 319. The average molecular weight is 296 g/mol. The molecule has 2 amide bonds. The maximum atomic E-state index is 12.5. The summed E-state index contributed by atoms with van der Waals surface area (Å²) in [6.07, 6.45) is 9.32. The highest BCUT2D eigenvalue weighted by Crippen LogP contribution is 2.25. The van der Waals surface area contributed by atoms with Crippen LogP contribution in [0.5, 0.6) is 0 Å². The monoisotopic (exact) mass is 296 g/mol. The zero-order valence-electron chi connectivity index (χ0n) is 14.0. The van der Waals surface area contributed by atoms with Gasteiger partial charge in [-0.25, -0.2) is 4.79 Å². The van der Waals surface area contributed by atoms with E-state index in [1.54, 1.807) is 0 Å². The van der Waals surface area contributed by atoms with Crippen LogP contribution in [0.3, 0.4) is 0 Å². The van der Waals surface area contributed by atoms with Gasteiger partial charge in [-0.3, -0.25) is 0 Å². The highest BCUT2D eigenvalue weighted by atomic mass is 16.5. The number of carbonyl (C=O) groups excluding carboxylic acids is 1. The van der Waals surface area contributed by atoms with E-state index in [0.717, 1.165) is 32.5 Å². The van der Waals surface area contributed by atoms with Crippen molar-refractivity contribution in [2.24, 2.45) is 0 Å². The quantitative estimate of drug-likeness (QED) is 0.793. The molecule has 4 nitrogen and oxygen atoms in total. The largest absolute Gasteiger partial charge is 0.375 e. The predicted molar refractivity (Wildman–Crippen MR) is 85.5 cm³/mol. The summed E-state index contributed by atoms with van der Waals surface area (Å²) in [5.41, 5.74) is 0. The van der Waals surface area contributed by atoms with Gasteiger partial charge in [-0.05, 0) is 46.5 Å². The Balaban J connectivity index is 1.75. The summed E-state index contributed by atoms with van der Waals surface area (Å²) < 4.78 is 6.24. The molecular formula is C17H32N2O2. The Morgan fingerprint density at radius 3 is 2.19 bits per heavy atom. The molecule has 0 N–H and O–H groups in total. The van der Waals surface area contributed by atoms with E-state index in [1.165, 1.54) is 32.1 Å². The highest BCUT2D eigenvalue weighted by Gasteiger charge is 2.28. The second-order valence-corrected chi connectivity index (χ2v) is 6.74. The predicted octanol–water partition coefficient (Wildman–Crippen LogP) is 3.65. The van der Waals surface area contributed by atoms with Crippen molar-refractivity contribution >= 4 is 6.03 Å². The Morgan fingerprint density at radius 2 is 1.67 bits per heavy atom. The molecule has 0 radical (unpaired) electrons. The topological polar surface area (TPSA) is 32.8 Å². The zero-order valence-corrected chi connectivity index (χ0v) is 14.0.